The average Bonchev–Trinajstić information content (AvgIpc) is 3.18. The van der Waals surface area contributed by atoms with Crippen LogP contribution in [0.4, 0.5) is 4.39 Å². The molecular formula is C14H16FNO4. The van der Waals surface area contributed by atoms with E-state index in [9.17, 15) is 14.0 Å². The molecule has 1 aromatic rings. The molecule has 0 aromatic heterocycles. The lowest BCUT2D eigenvalue weighted by atomic mass is 10.2. The van der Waals surface area contributed by atoms with Crippen molar-refractivity contribution in [2.75, 3.05) is 14.2 Å². The van der Waals surface area contributed by atoms with Crippen LogP contribution >= 0.6 is 0 Å². The molecule has 2 atom stereocenters. The smallest absolute Gasteiger partial charge is 0.307 e. The van der Waals surface area contributed by atoms with E-state index >= 15 is 0 Å². The van der Waals surface area contributed by atoms with Crippen molar-refractivity contribution in [1.82, 2.24) is 4.90 Å². The van der Waals surface area contributed by atoms with Crippen molar-refractivity contribution in [2.45, 2.75) is 13.0 Å². The third kappa shape index (κ3) is 2.89. The van der Waals surface area contributed by atoms with Gasteiger partial charge in [0.05, 0.1) is 18.9 Å². The van der Waals surface area contributed by atoms with Gasteiger partial charge in [-0.25, -0.2) is 4.39 Å². The maximum atomic E-state index is 13.5. The molecule has 0 radical (unpaired) electrons. The Bertz CT molecular complexity index is 546. The third-order valence-electron chi connectivity index (χ3n) is 3.44. The number of carbonyl (C=O) groups excluding carboxylic acids is 1. The molecule has 1 amide bonds. The summed E-state index contributed by atoms with van der Waals surface area (Å²) < 4.78 is 18.4. The van der Waals surface area contributed by atoms with Crippen LogP contribution in [0.1, 0.15) is 12.0 Å². The number of carbonyl (C=O) groups is 2. The van der Waals surface area contributed by atoms with Crippen LogP contribution in [0.15, 0.2) is 18.2 Å². The maximum absolute atomic E-state index is 13.5. The van der Waals surface area contributed by atoms with Crippen molar-refractivity contribution >= 4 is 11.9 Å². The number of amides is 1. The highest BCUT2D eigenvalue weighted by molar-refractivity contribution is 5.89. The summed E-state index contributed by atoms with van der Waals surface area (Å²) in [5.74, 6) is -2.50. The average molecular weight is 281 g/mol. The molecular weight excluding hydrogens is 265 g/mol. The van der Waals surface area contributed by atoms with Gasteiger partial charge in [-0.2, -0.15) is 0 Å². The standard InChI is InChI=1S/C14H16FNO4/c1-16(13(17)9-6-10(9)14(18)19)7-8-3-4-12(20-2)11(15)5-8/h3-5,9-10H,6-7H2,1-2H3,(H,18,19)/t9-,10+/m1/s1. The summed E-state index contributed by atoms with van der Waals surface area (Å²) in [4.78, 5) is 24.1. The minimum Gasteiger partial charge on any atom is -0.494 e. The molecule has 1 aromatic carbocycles. The van der Waals surface area contributed by atoms with E-state index in [0.717, 1.165) is 0 Å². The van der Waals surface area contributed by atoms with Crippen molar-refractivity contribution in [3.63, 3.8) is 0 Å². The van der Waals surface area contributed by atoms with Crippen molar-refractivity contribution < 1.29 is 23.8 Å². The Labute approximate surface area is 116 Å². The molecule has 5 nitrogen and oxygen atoms in total. The van der Waals surface area contributed by atoms with Crippen LogP contribution in [0, 0.1) is 17.7 Å². The van der Waals surface area contributed by atoms with Gasteiger partial charge in [0.1, 0.15) is 0 Å². The van der Waals surface area contributed by atoms with E-state index in [-0.39, 0.29) is 18.2 Å². The molecule has 1 aliphatic carbocycles. The van der Waals surface area contributed by atoms with Crippen LogP contribution in [0.3, 0.4) is 0 Å². The first kappa shape index (κ1) is 14.3. The number of halogens is 1. The molecule has 1 saturated carbocycles. The number of carboxylic acids is 1. The first-order valence-electron chi connectivity index (χ1n) is 6.24. The van der Waals surface area contributed by atoms with E-state index in [1.807, 2.05) is 0 Å². The summed E-state index contributed by atoms with van der Waals surface area (Å²) in [6.07, 6.45) is 0.384. The Balaban J connectivity index is 1.98. The summed E-state index contributed by atoms with van der Waals surface area (Å²) in [5, 5.41) is 8.80. The van der Waals surface area contributed by atoms with Crippen LogP contribution in [0.2, 0.25) is 0 Å². The fourth-order valence-electron chi connectivity index (χ4n) is 2.18. The second kappa shape index (κ2) is 5.48. The van der Waals surface area contributed by atoms with Gasteiger partial charge >= 0.3 is 5.97 Å². The van der Waals surface area contributed by atoms with E-state index in [1.54, 1.807) is 13.1 Å². The van der Waals surface area contributed by atoms with Gasteiger partial charge in [0.25, 0.3) is 0 Å². The first-order valence-corrected chi connectivity index (χ1v) is 6.24. The SMILES string of the molecule is COc1ccc(CN(C)C(=O)[C@@H]2C[C@@H]2C(=O)O)cc1F. The van der Waals surface area contributed by atoms with Gasteiger partial charge in [0, 0.05) is 13.6 Å². The number of ether oxygens (including phenoxy) is 1. The number of carboxylic acid groups (broad SMARTS) is 1. The molecule has 0 unspecified atom stereocenters. The fourth-order valence-corrected chi connectivity index (χ4v) is 2.18. The van der Waals surface area contributed by atoms with Gasteiger partial charge in [0.2, 0.25) is 5.91 Å². The summed E-state index contributed by atoms with van der Waals surface area (Å²) in [6.45, 7) is 0.239. The zero-order valence-electron chi connectivity index (χ0n) is 11.3. The summed E-state index contributed by atoms with van der Waals surface area (Å²) >= 11 is 0. The van der Waals surface area contributed by atoms with E-state index in [2.05, 4.69) is 0 Å². The largest absolute Gasteiger partial charge is 0.494 e. The molecule has 0 spiro atoms. The quantitative estimate of drug-likeness (QED) is 0.888. The molecule has 1 aliphatic rings. The molecule has 1 fully saturated rings. The predicted molar refractivity (Wildman–Crippen MR) is 68.7 cm³/mol. The number of nitrogens with zero attached hydrogens (tertiary/aromatic N) is 1. The second-order valence-electron chi connectivity index (χ2n) is 4.95. The zero-order valence-corrected chi connectivity index (χ0v) is 11.3. The molecule has 6 heteroatoms. The Morgan fingerprint density at radius 1 is 1.45 bits per heavy atom. The van der Waals surface area contributed by atoms with Crippen molar-refractivity contribution in [3.05, 3.63) is 29.6 Å². The maximum Gasteiger partial charge on any atom is 0.307 e. The highest BCUT2D eigenvalue weighted by Gasteiger charge is 2.49. The zero-order chi connectivity index (χ0) is 14.9. The van der Waals surface area contributed by atoms with Crippen LogP contribution < -0.4 is 4.74 Å². The number of hydrogen-bond acceptors (Lipinski definition) is 3. The van der Waals surface area contributed by atoms with E-state index < -0.39 is 23.6 Å². The molecule has 0 heterocycles. The first-order chi connectivity index (χ1) is 9.43. The lowest BCUT2D eigenvalue weighted by Crippen LogP contribution is -2.28. The number of benzene rings is 1. The summed E-state index contributed by atoms with van der Waals surface area (Å²) in [7, 11) is 2.97. The normalized spacial score (nSPS) is 20.4. The lowest BCUT2D eigenvalue weighted by Gasteiger charge is -2.17. The number of aliphatic carboxylic acids is 1. The number of hydrogen-bond donors (Lipinski definition) is 1. The van der Waals surface area contributed by atoms with Crippen LogP contribution in [-0.4, -0.2) is 36.0 Å². The number of rotatable bonds is 5. The van der Waals surface area contributed by atoms with Crippen LogP contribution in [0.5, 0.6) is 5.75 Å². The Morgan fingerprint density at radius 3 is 2.65 bits per heavy atom. The molecule has 1 N–H and O–H groups in total. The fraction of sp³-hybridized carbons (Fsp3) is 0.429. The monoisotopic (exact) mass is 281 g/mol. The highest BCUT2D eigenvalue weighted by atomic mass is 19.1. The van der Waals surface area contributed by atoms with Crippen molar-refractivity contribution in [1.29, 1.82) is 0 Å². The second-order valence-corrected chi connectivity index (χ2v) is 4.95. The Hall–Kier alpha value is -2.11. The van der Waals surface area contributed by atoms with Gasteiger partial charge < -0.3 is 14.7 Å². The van der Waals surface area contributed by atoms with Crippen molar-refractivity contribution in [2.24, 2.45) is 11.8 Å². The highest BCUT2D eigenvalue weighted by Crippen LogP contribution is 2.40. The molecule has 0 saturated heterocycles. The van der Waals surface area contributed by atoms with E-state index in [1.165, 1.54) is 24.1 Å². The summed E-state index contributed by atoms with van der Waals surface area (Å²) in [6, 6.07) is 4.48. The van der Waals surface area contributed by atoms with Gasteiger partial charge in [-0.1, -0.05) is 6.07 Å². The van der Waals surface area contributed by atoms with Gasteiger partial charge in [-0.05, 0) is 24.1 Å². The van der Waals surface area contributed by atoms with Gasteiger partial charge in [-0.15, -0.1) is 0 Å². The minimum atomic E-state index is -0.938. The Morgan fingerprint density at radius 2 is 2.15 bits per heavy atom. The molecule has 2 rings (SSSR count). The topological polar surface area (TPSA) is 66.8 Å². The summed E-state index contributed by atoms with van der Waals surface area (Å²) in [5.41, 5.74) is 0.631. The van der Waals surface area contributed by atoms with Gasteiger partial charge in [-0.3, -0.25) is 9.59 Å². The van der Waals surface area contributed by atoms with Crippen molar-refractivity contribution in [3.8, 4) is 5.75 Å². The lowest BCUT2D eigenvalue weighted by molar-refractivity contribution is -0.141. The number of methoxy groups -OCH3 is 1. The van der Waals surface area contributed by atoms with E-state index in [4.69, 9.17) is 9.84 Å². The van der Waals surface area contributed by atoms with E-state index in [0.29, 0.717) is 12.0 Å². The minimum absolute atomic E-state index is 0.149. The van der Waals surface area contributed by atoms with Crippen LogP contribution in [-0.2, 0) is 16.1 Å². The van der Waals surface area contributed by atoms with Gasteiger partial charge in [0.15, 0.2) is 11.6 Å². The Kier molecular flexibility index (Phi) is 3.92. The third-order valence-corrected chi connectivity index (χ3v) is 3.44. The predicted octanol–water partition coefficient (Wildman–Crippen LogP) is 1.51. The molecule has 0 aliphatic heterocycles. The van der Waals surface area contributed by atoms with Crippen LogP contribution in [0.25, 0.3) is 0 Å². The molecule has 20 heavy (non-hydrogen) atoms. The molecule has 0 bridgehead atoms. The molecule has 108 valence electrons.